The molecule has 1 fully saturated rings. The summed E-state index contributed by atoms with van der Waals surface area (Å²) in [6.45, 7) is 6.32. The van der Waals surface area contributed by atoms with Crippen molar-refractivity contribution in [3.05, 3.63) is 25.0 Å². The Morgan fingerprint density at radius 2 is 2.62 bits per heavy atom. The highest BCUT2D eigenvalue weighted by molar-refractivity contribution is 5.26. The van der Waals surface area contributed by atoms with Gasteiger partial charge in [-0.2, -0.15) is 0 Å². The molecule has 1 aromatic rings. The maximum Gasteiger partial charge on any atom is 0.203 e. The van der Waals surface area contributed by atoms with Crippen molar-refractivity contribution in [1.82, 2.24) is 9.55 Å². The summed E-state index contributed by atoms with van der Waals surface area (Å²) in [5, 5.41) is 3.21. The normalized spacial score (nSPS) is 19.9. The van der Waals surface area contributed by atoms with Gasteiger partial charge in [0, 0.05) is 32.1 Å². The number of rotatable bonds is 6. The molecule has 0 radical (unpaired) electrons. The monoisotopic (exact) mass is 221 g/mol. The number of anilines is 1. The van der Waals surface area contributed by atoms with Crippen molar-refractivity contribution in [2.45, 2.75) is 31.9 Å². The molecular formula is C12H19N3O. The SMILES string of the molecule is C=CCNc1nccn1CCC1CCCO1. The third-order valence-electron chi connectivity index (χ3n) is 2.84. The fourth-order valence-electron chi connectivity index (χ4n) is 1.98. The van der Waals surface area contributed by atoms with Gasteiger partial charge in [-0.05, 0) is 19.3 Å². The summed E-state index contributed by atoms with van der Waals surface area (Å²) in [5.41, 5.74) is 0. The van der Waals surface area contributed by atoms with Gasteiger partial charge in [0.25, 0.3) is 0 Å². The van der Waals surface area contributed by atoms with Crippen LogP contribution in [-0.2, 0) is 11.3 Å². The highest BCUT2D eigenvalue weighted by Crippen LogP contribution is 2.17. The number of ether oxygens (including phenoxy) is 1. The molecule has 1 aliphatic heterocycles. The summed E-state index contributed by atoms with van der Waals surface area (Å²) in [6.07, 6.45) is 9.56. The van der Waals surface area contributed by atoms with Crippen LogP contribution in [-0.4, -0.2) is 28.8 Å². The number of hydrogen-bond acceptors (Lipinski definition) is 3. The van der Waals surface area contributed by atoms with Crippen LogP contribution in [0.15, 0.2) is 25.0 Å². The topological polar surface area (TPSA) is 39.1 Å². The second-order valence-electron chi connectivity index (χ2n) is 4.04. The maximum absolute atomic E-state index is 5.60. The van der Waals surface area contributed by atoms with Gasteiger partial charge in [0.2, 0.25) is 5.95 Å². The molecule has 1 unspecified atom stereocenters. The summed E-state index contributed by atoms with van der Waals surface area (Å²) >= 11 is 0. The minimum absolute atomic E-state index is 0.439. The first-order chi connectivity index (χ1) is 7.90. The van der Waals surface area contributed by atoms with E-state index in [9.17, 15) is 0 Å². The molecule has 16 heavy (non-hydrogen) atoms. The van der Waals surface area contributed by atoms with Crippen LogP contribution in [0.1, 0.15) is 19.3 Å². The molecule has 2 rings (SSSR count). The molecule has 4 heteroatoms. The van der Waals surface area contributed by atoms with Crippen molar-refractivity contribution in [3.8, 4) is 0 Å². The summed E-state index contributed by atoms with van der Waals surface area (Å²) < 4.78 is 7.73. The van der Waals surface area contributed by atoms with Crippen molar-refractivity contribution in [3.63, 3.8) is 0 Å². The van der Waals surface area contributed by atoms with E-state index in [0.29, 0.717) is 6.10 Å². The molecule has 1 atom stereocenters. The van der Waals surface area contributed by atoms with E-state index in [1.807, 2.05) is 18.5 Å². The van der Waals surface area contributed by atoms with E-state index in [4.69, 9.17) is 4.74 Å². The predicted molar refractivity (Wildman–Crippen MR) is 64.5 cm³/mol. The Morgan fingerprint density at radius 1 is 1.69 bits per heavy atom. The minimum Gasteiger partial charge on any atom is -0.378 e. The van der Waals surface area contributed by atoms with Crippen molar-refractivity contribution < 1.29 is 4.74 Å². The lowest BCUT2D eigenvalue weighted by molar-refractivity contribution is 0.100. The van der Waals surface area contributed by atoms with Crippen molar-refractivity contribution in [2.24, 2.45) is 0 Å². The Bertz CT molecular complexity index is 329. The van der Waals surface area contributed by atoms with E-state index in [1.165, 1.54) is 12.8 Å². The molecule has 0 spiro atoms. The summed E-state index contributed by atoms with van der Waals surface area (Å²) in [4.78, 5) is 4.26. The van der Waals surface area contributed by atoms with Crippen LogP contribution in [0.25, 0.3) is 0 Å². The molecule has 0 saturated carbocycles. The third kappa shape index (κ3) is 2.85. The molecule has 0 amide bonds. The highest BCUT2D eigenvalue weighted by Gasteiger charge is 2.15. The van der Waals surface area contributed by atoms with Crippen molar-refractivity contribution in [2.75, 3.05) is 18.5 Å². The molecule has 1 saturated heterocycles. The average Bonchev–Trinajstić information content (AvgIpc) is 2.94. The fourth-order valence-corrected chi connectivity index (χ4v) is 1.98. The number of imidazole rings is 1. The van der Waals surface area contributed by atoms with Gasteiger partial charge in [-0.3, -0.25) is 0 Å². The molecule has 1 aliphatic rings. The molecule has 1 aromatic heterocycles. The zero-order valence-corrected chi connectivity index (χ0v) is 9.56. The molecule has 88 valence electrons. The van der Waals surface area contributed by atoms with Crippen molar-refractivity contribution in [1.29, 1.82) is 0 Å². The van der Waals surface area contributed by atoms with Crippen LogP contribution in [0.5, 0.6) is 0 Å². The Kier molecular flexibility index (Phi) is 3.99. The molecule has 0 aromatic carbocycles. The van der Waals surface area contributed by atoms with Crippen LogP contribution < -0.4 is 5.32 Å². The van der Waals surface area contributed by atoms with E-state index in [2.05, 4.69) is 21.4 Å². The van der Waals surface area contributed by atoms with Gasteiger partial charge in [-0.1, -0.05) is 6.08 Å². The lowest BCUT2D eigenvalue weighted by atomic mass is 10.2. The Balaban J connectivity index is 1.83. The first-order valence-corrected chi connectivity index (χ1v) is 5.87. The second kappa shape index (κ2) is 5.70. The van der Waals surface area contributed by atoms with Crippen molar-refractivity contribution >= 4 is 5.95 Å². The van der Waals surface area contributed by atoms with Gasteiger partial charge in [0.15, 0.2) is 0 Å². The fraction of sp³-hybridized carbons (Fsp3) is 0.583. The van der Waals surface area contributed by atoms with Crippen LogP contribution in [0.4, 0.5) is 5.95 Å². The summed E-state index contributed by atoms with van der Waals surface area (Å²) in [5.74, 6) is 0.915. The van der Waals surface area contributed by atoms with Crippen LogP contribution in [0, 0.1) is 0 Å². The number of nitrogens with zero attached hydrogens (tertiary/aromatic N) is 2. The van der Waals surface area contributed by atoms with Gasteiger partial charge >= 0.3 is 0 Å². The number of aryl methyl sites for hydroxylation is 1. The predicted octanol–water partition coefficient (Wildman–Crippen LogP) is 2.05. The molecule has 0 aliphatic carbocycles. The lowest BCUT2D eigenvalue weighted by Crippen LogP contribution is -2.12. The lowest BCUT2D eigenvalue weighted by Gasteiger charge is -2.12. The maximum atomic E-state index is 5.60. The molecule has 4 nitrogen and oxygen atoms in total. The quantitative estimate of drug-likeness (QED) is 0.747. The minimum atomic E-state index is 0.439. The molecule has 0 bridgehead atoms. The van der Waals surface area contributed by atoms with Crippen LogP contribution in [0.3, 0.4) is 0 Å². The number of aromatic nitrogens is 2. The summed E-state index contributed by atoms with van der Waals surface area (Å²) in [7, 11) is 0. The van der Waals surface area contributed by atoms with E-state index in [0.717, 1.165) is 32.1 Å². The number of nitrogens with one attached hydrogen (secondary N) is 1. The van der Waals surface area contributed by atoms with E-state index >= 15 is 0 Å². The summed E-state index contributed by atoms with van der Waals surface area (Å²) in [6, 6.07) is 0. The Hall–Kier alpha value is -1.29. The smallest absolute Gasteiger partial charge is 0.203 e. The van der Waals surface area contributed by atoms with Crippen LogP contribution in [0.2, 0.25) is 0 Å². The van der Waals surface area contributed by atoms with Gasteiger partial charge in [0.1, 0.15) is 0 Å². The first-order valence-electron chi connectivity index (χ1n) is 5.87. The van der Waals surface area contributed by atoms with Gasteiger partial charge < -0.3 is 14.6 Å². The Labute approximate surface area is 96.3 Å². The standard InChI is InChI=1S/C12H19N3O/c1-2-6-13-12-14-7-9-15(12)8-5-11-4-3-10-16-11/h2,7,9,11H,1,3-6,8,10H2,(H,13,14). The average molecular weight is 221 g/mol. The first kappa shape index (κ1) is 11.2. The zero-order chi connectivity index (χ0) is 11.2. The van der Waals surface area contributed by atoms with E-state index in [-0.39, 0.29) is 0 Å². The number of hydrogen-bond donors (Lipinski definition) is 1. The molecule has 2 heterocycles. The van der Waals surface area contributed by atoms with Crippen LogP contribution >= 0.6 is 0 Å². The van der Waals surface area contributed by atoms with E-state index in [1.54, 1.807) is 0 Å². The largest absolute Gasteiger partial charge is 0.378 e. The second-order valence-corrected chi connectivity index (χ2v) is 4.04. The van der Waals surface area contributed by atoms with Gasteiger partial charge in [-0.15, -0.1) is 6.58 Å². The molecular weight excluding hydrogens is 202 g/mol. The molecule has 1 N–H and O–H groups in total. The van der Waals surface area contributed by atoms with E-state index < -0.39 is 0 Å². The highest BCUT2D eigenvalue weighted by atomic mass is 16.5. The van der Waals surface area contributed by atoms with Gasteiger partial charge in [0.05, 0.1) is 6.10 Å². The van der Waals surface area contributed by atoms with Gasteiger partial charge in [-0.25, -0.2) is 4.98 Å². The zero-order valence-electron chi connectivity index (χ0n) is 9.56. The third-order valence-corrected chi connectivity index (χ3v) is 2.84. The Morgan fingerprint density at radius 3 is 3.38 bits per heavy atom.